The van der Waals surface area contributed by atoms with Crippen molar-refractivity contribution in [3.63, 3.8) is 0 Å². The molecule has 24 heavy (non-hydrogen) atoms. The van der Waals surface area contributed by atoms with Crippen molar-refractivity contribution in [1.82, 2.24) is 0 Å². The van der Waals surface area contributed by atoms with Crippen LogP contribution >= 0.6 is 7.82 Å². The Morgan fingerprint density at radius 3 is 2.08 bits per heavy atom. The lowest BCUT2D eigenvalue weighted by molar-refractivity contribution is 0.131. The Morgan fingerprint density at radius 1 is 1.04 bits per heavy atom. The lowest BCUT2D eigenvalue weighted by Gasteiger charge is -2.33. The van der Waals surface area contributed by atoms with Gasteiger partial charge in [-0.1, -0.05) is 46.8 Å². The number of rotatable bonds is 9. The fourth-order valence-electron chi connectivity index (χ4n) is 2.92. The first kappa shape index (κ1) is 21.2. The van der Waals surface area contributed by atoms with Gasteiger partial charge in [0.25, 0.3) is 0 Å². The molecule has 0 saturated carbocycles. The Morgan fingerprint density at radius 2 is 1.62 bits per heavy atom. The predicted octanol–water partition coefficient (Wildman–Crippen LogP) is 4.93. The van der Waals surface area contributed by atoms with Crippen LogP contribution in [-0.2, 0) is 19.0 Å². The third-order valence-electron chi connectivity index (χ3n) is 3.45. The third kappa shape index (κ3) is 6.94. The molecule has 0 aliphatic carbocycles. The summed E-state index contributed by atoms with van der Waals surface area (Å²) in [7, 11) is -3.71. The summed E-state index contributed by atoms with van der Waals surface area (Å²) in [5, 5.41) is 8.83. The summed E-state index contributed by atoms with van der Waals surface area (Å²) >= 11 is 0. The zero-order valence-corrected chi connectivity index (χ0v) is 16.6. The van der Waals surface area contributed by atoms with E-state index in [2.05, 4.69) is 34.6 Å². The molecule has 0 heterocycles. The second kappa shape index (κ2) is 8.48. The van der Waals surface area contributed by atoms with Gasteiger partial charge in [0, 0.05) is 0 Å². The summed E-state index contributed by atoms with van der Waals surface area (Å²) in [6.45, 7) is 12.6. The molecule has 1 aromatic rings. The van der Waals surface area contributed by atoms with Gasteiger partial charge in [0.15, 0.2) is 0 Å². The molecule has 0 aliphatic rings. The smallest absolute Gasteiger partial charge is 0.404 e. The van der Waals surface area contributed by atoms with Crippen molar-refractivity contribution >= 4 is 7.82 Å². The number of phosphoric acid groups is 1. The minimum absolute atomic E-state index is 0.0216. The number of hydrogen-bond donors (Lipinski definition) is 1. The van der Waals surface area contributed by atoms with Crippen LogP contribution in [0.25, 0.3) is 0 Å². The molecule has 0 saturated heterocycles. The minimum Gasteiger partial charge on any atom is -0.404 e. The van der Waals surface area contributed by atoms with Crippen molar-refractivity contribution < 1.29 is 23.2 Å². The van der Waals surface area contributed by atoms with Crippen LogP contribution in [0.5, 0.6) is 5.75 Å². The number of aliphatic hydroxyl groups is 1. The maximum absolute atomic E-state index is 12.4. The molecule has 0 fully saturated rings. The third-order valence-corrected chi connectivity index (χ3v) is 4.96. The summed E-state index contributed by atoms with van der Waals surface area (Å²) in [6, 6.07) is 7.49. The minimum atomic E-state index is -3.71. The molecule has 1 rings (SSSR count). The van der Waals surface area contributed by atoms with Crippen LogP contribution in [0, 0.1) is 5.41 Å². The molecule has 0 amide bonds. The molecule has 0 aromatic heterocycles. The van der Waals surface area contributed by atoms with Gasteiger partial charge in [-0.3, -0.25) is 9.05 Å². The van der Waals surface area contributed by atoms with Crippen molar-refractivity contribution in [2.45, 2.75) is 53.4 Å². The quantitative estimate of drug-likeness (QED) is 0.634. The van der Waals surface area contributed by atoms with Gasteiger partial charge in [-0.25, -0.2) is 4.57 Å². The highest BCUT2D eigenvalue weighted by molar-refractivity contribution is 7.48. The molecule has 0 radical (unpaired) electrons. The molecule has 0 spiro atoms. The van der Waals surface area contributed by atoms with Gasteiger partial charge in [-0.2, -0.15) is 0 Å². The molecule has 6 heteroatoms. The van der Waals surface area contributed by atoms with Crippen LogP contribution in [0.15, 0.2) is 24.3 Å². The van der Waals surface area contributed by atoms with Crippen LogP contribution in [0.3, 0.4) is 0 Å². The van der Waals surface area contributed by atoms with Gasteiger partial charge in [0.05, 0.1) is 19.8 Å². The molecule has 1 atom stereocenters. The molecule has 5 nitrogen and oxygen atoms in total. The Balaban J connectivity index is 2.88. The van der Waals surface area contributed by atoms with Gasteiger partial charge >= 0.3 is 7.82 Å². The lowest BCUT2D eigenvalue weighted by atomic mass is 9.72. The molecular weight excluding hydrogens is 327 g/mol. The van der Waals surface area contributed by atoms with E-state index < -0.39 is 7.82 Å². The molecule has 1 unspecified atom stereocenters. The van der Waals surface area contributed by atoms with E-state index >= 15 is 0 Å². The van der Waals surface area contributed by atoms with Crippen LogP contribution in [0.1, 0.15) is 53.5 Å². The van der Waals surface area contributed by atoms with Crippen LogP contribution in [-0.4, -0.2) is 24.9 Å². The van der Waals surface area contributed by atoms with E-state index in [1.54, 1.807) is 19.1 Å². The van der Waals surface area contributed by atoms with Gasteiger partial charge in [-0.15, -0.1) is 0 Å². The zero-order valence-electron chi connectivity index (χ0n) is 15.7. The average molecular weight is 358 g/mol. The SMILES string of the molecule is CCOP(=O)(OCCO)Oc1ccc(C(C)(C)CC(C)(C)C)cc1. The highest BCUT2D eigenvalue weighted by atomic mass is 31.2. The first-order valence-corrected chi connectivity index (χ1v) is 9.77. The van der Waals surface area contributed by atoms with Crippen molar-refractivity contribution in [2.75, 3.05) is 19.8 Å². The maximum atomic E-state index is 12.4. The Kier molecular flexibility index (Phi) is 7.48. The van der Waals surface area contributed by atoms with Crippen molar-refractivity contribution in [3.8, 4) is 5.75 Å². The van der Waals surface area contributed by atoms with Crippen molar-refractivity contribution in [1.29, 1.82) is 0 Å². The fraction of sp³-hybridized carbons (Fsp3) is 0.667. The normalized spacial score (nSPS) is 15.1. The van der Waals surface area contributed by atoms with Crippen molar-refractivity contribution in [3.05, 3.63) is 29.8 Å². The molecular formula is C18H31O5P. The second-order valence-corrected chi connectivity index (χ2v) is 9.25. The number of phosphoric ester groups is 1. The van der Waals surface area contributed by atoms with Gasteiger partial charge in [0.1, 0.15) is 5.75 Å². The standard InChI is InChI=1S/C18H31O5P/c1-7-21-24(20,22-13-12-19)23-16-10-8-15(9-11-16)18(5,6)14-17(2,3)4/h8-11,19H,7,12-14H2,1-6H3. The number of benzene rings is 1. The molecule has 1 aromatic carbocycles. The van der Waals surface area contributed by atoms with Crippen LogP contribution < -0.4 is 4.52 Å². The summed E-state index contributed by atoms with van der Waals surface area (Å²) in [6.07, 6.45) is 1.04. The van der Waals surface area contributed by atoms with Gasteiger partial charge in [-0.05, 0) is 41.9 Å². The van der Waals surface area contributed by atoms with E-state index in [1.807, 2.05) is 12.1 Å². The van der Waals surface area contributed by atoms with Crippen LogP contribution in [0.2, 0.25) is 0 Å². The topological polar surface area (TPSA) is 65.0 Å². The Labute approximate surface area is 145 Å². The largest absolute Gasteiger partial charge is 0.530 e. The zero-order chi connectivity index (χ0) is 18.4. The van der Waals surface area contributed by atoms with Crippen LogP contribution in [0.4, 0.5) is 0 Å². The number of aliphatic hydroxyl groups excluding tert-OH is 1. The van der Waals surface area contributed by atoms with E-state index in [1.165, 1.54) is 5.56 Å². The summed E-state index contributed by atoms with van der Waals surface area (Å²) < 4.78 is 28.0. The Bertz CT molecular complexity index is 546. The Hall–Kier alpha value is -0.870. The highest BCUT2D eigenvalue weighted by Crippen LogP contribution is 2.49. The number of hydrogen-bond acceptors (Lipinski definition) is 5. The highest BCUT2D eigenvalue weighted by Gasteiger charge is 2.29. The molecule has 138 valence electrons. The van der Waals surface area contributed by atoms with E-state index in [4.69, 9.17) is 18.7 Å². The molecule has 0 aliphatic heterocycles. The van der Waals surface area contributed by atoms with E-state index in [0.717, 1.165) is 6.42 Å². The van der Waals surface area contributed by atoms with E-state index in [0.29, 0.717) is 5.75 Å². The fourth-order valence-corrected chi connectivity index (χ4v) is 4.11. The summed E-state index contributed by atoms with van der Waals surface area (Å²) in [5.74, 6) is 0.417. The first-order chi connectivity index (χ1) is 11.0. The molecule has 0 bridgehead atoms. The van der Waals surface area contributed by atoms with E-state index in [-0.39, 0.29) is 30.7 Å². The molecule has 1 N–H and O–H groups in total. The monoisotopic (exact) mass is 358 g/mol. The van der Waals surface area contributed by atoms with E-state index in [9.17, 15) is 4.57 Å². The van der Waals surface area contributed by atoms with Gasteiger partial charge in [0.2, 0.25) is 0 Å². The predicted molar refractivity (Wildman–Crippen MR) is 96.4 cm³/mol. The van der Waals surface area contributed by atoms with Crippen molar-refractivity contribution in [2.24, 2.45) is 5.41 Å². The first-order valence-electron chi connectivity index (χ1n) is 8.31. The summed E-state index contributed by atoms with van der Waals surface area (Å²) in [4.78, 5) is 0. The second-order valence-electron chi connectivity index (χ2n) is 7.66. The summed E-state index contributed by atoms with van der Waals surface area (Å²) in [5.41, 5.74) is 1.43. The lowest BCUT2D eigenvalue weighted by Crippen LogP contribution is -2.24. The maximum Gasteiger partial charge on any atom is 0.530 e. The van der Waals surface area contributed by atoms with Gasteiger partial charge < -0.3 is 9.63 Å². The average Bonchev–Trinajstić information content (AvgIpc) is 2.43.